The Kier molecular flexibility index (Phi) is 3.33. The van der Waals surface area contributed by atoms with Gasteiger partial charge in [0.25, 0.3) is 0 Å². The molecule has 0 saturated carbocycles. The van der Waals surface area contributed by atoms with E-state index in [0.29, 0.717) is 6.54 Å². The van der Waals surface area contributed by atoms with Gasteiger partial charge in [0, 0.05) is 6.54 Å². The lowest BCUT2D eigenvalue weighted by atomic mass is 10.1. The zero-order valence-corrected chi connectivity index (χ0v) is 10.4. The monoisotopic (exact) mass is 234 g/mol. The standard InChI is InChI=1S/C13H18N2O2/c1-4-15-10-7-5-6-8-11(10)17-9(2)12(14-3)13(15)16/h5-9,12,14H,4H2,1-3H3. The van der Waals surface area contributed by atoms with Gasteiger partial charge in [-0.05, 0) is 33.0 Å². The maximum absolute atomic E-state index is 12.4. The molecule has 1 aromatic rings. The van der Waals surface area contributed by atoms with E-state index in [1.165, 1.54) is 0 Å². The lowest BCUT2D eigenvalue weighted by Crippen LogP contribution is -2.50. The van der Waals surface area contributed by atoms with Gasteiger partial charge < -0.3 is 15.0 Å². The number of ether oxygens (including phenoxy) is 1. The minimum Gasteiger partial charge on any atom is -0.486 e. The summed E-state index contributed by atoms with van der Waals surface area (Å²) in [5.41, 5.74) is 0.851. The molecule has 2 unspecified atom stereocenters. The predicted octanol–water partition coefficient (Wildman–Crippen LogP) is 1.41. The van der Waals surface area contributed by atoms with Crippen LogP contribution in [0.3, 0.4) is 0 Å². The van der Waals surface area contributed by atoms with Crippen LogP contribution in [-0.2, 0) is 4.79 Å². The number of likely N-dealkylation sites (N-methyl/N-ethyl adjacent to an activating group) is 2. The van der Waals surface area contributed by atoms with Gasteiger partial charge >= 0.3 is 0 Å². The van der Waals surface area contributed by atoms with Gasteiger partial charge in [0.2, 0.25) is 5.91 Å². The van der Waals surface area contributed by atoms with E-state index in [-0.39, 0.29) is 18.1 Å². The van der Waals surface area contributed by atoms with Crippen molar-refractivity contribution in [3.63, 3.8) is 0 Å². The number of benzene rings is 1. The Labute approximate surface area is 102 Å². The van der Waals surface area contributed by atoms with Crippen LogP contribution >= 0.6 is 0 Å². The third kappa shape index (κ3) is 2.00. The molecule has 1 aromatic carbocycles. The van der Waals surface area contributed by atoms with Crippen LogP contribution in [0.2, 0.25) is 0 Å². The third-order valence-corrected chi connectivity index (χ3v) is 3.10. The van der Waals surface area contributed by atoms with E-state index < -0.39 is 0 Å². The molecule has 0 bridgehead atoms. The topological polar surface area (TPSA) is 41.6 Å². The number of rotatable bonds is 2. The van der Waals surface area contributed by atoms with Crippen LogP contribution in [-0.4, -0.2) is 31.6 Å². The van der Waals surface area contributed by atoms with E-state index in [9.17, 15) is 4.79 Å². The number of fused-ring (bicyclic) bond motifs is 1. The third-order valence-electron chi connectivity index (χ3n) is 3.10. The van der Waals surface area contributed by atoms with Crippen molar-refractivity contribution in [1.29, 1.82) is 0 Å². The Morgan fingerprint density at radius 2 is 2.12 bits per heavy atom. The van der Waals surface area contributed by atoms with Crippen molar-refractivity contribution in [2.24, 2.45) is 0 Å². The molecule has 0 aromatic heterocycles. The molecule has 0 radical (unpaired) electrons. The summed E-state index contributed by atoms with van der Waals surface area (Å²) >= 11 is 0. The Hall–Kier alpha value is -1.55. The summed E-state index contributed by atoms with van der Waals surface area (Å²) in [6, 6.07) is 7.36. The number of anilines is 1. The first-order valence-corrected chi connectivity index (χ1v) is 5.93. The molecule has 4 nitrogen and oxygen atoms in total. The number of nitrogens with zero attached hydrogens (tertiary/aromatic N) is 1. The molecule has 1 amide bonds. The van der Waals surface area contributed by atoms with E-state index in [2.05, 4.69) is 5.32 Å². The van der Waals surface area contributed by atoms with Crippen molar-refractivity contribution in [1.82, 2.24) is 5.32 Å². The summed E-state index contributed by atoms with van der Waals surface area (Å²) in [6.45, 7) is 4.52. The van der Waals surface area contributed by atoms with Gasteiger partial charge in [0.15, 0.2) is 0 Å². The second-order valence-corrected chi connectivity index (χ2v) is 4.14. The first-order valence-electron chi connectivity index (χ1n) is 5.93. The Bertz CT molecular complexity index is 420. The minimum absolute atomic E-state index is 0.0625. The molecule has 2 rings (SSSR count). The normalized spacial score (nSPS) is 23.9. The van der Waals surface area contributed by atoms with Crippen LogP contribution < -0.4 is 15.0 Å². The largest absolute Gasteiger partial charge is 0.486 e. The molecule has 17 heavy (non-hydrogen) atoms. The lowest BCUT2D eigenvalue weighted by molar-refractivity contribution is -0.121. The smallest absolute Gasteiger partial charge is 0.248 e. The summed E-state index contributed by atoms with van der Waals surface area (Å²) in [5.74, 6) is 0.834. The van der Waals surface area contributed by atoms with Crippen molar-refractivity contribution in [2.75, 3.05) is 18.5 Å². The number of nitrogens with one attached hydrogen (secondary N) is 1. The highest BCUT2D eigenvalue weighted by Gasteiger charge is 2.34. The van der Waals surface area contributed by atoms with Gasteiger partial charge in [-0.1, -0.05) is 12.1 Å². The number of para-hydroxylation sites is 2. The fraction of sp³-hybridized carbons (Fsp3) is 0.462. The van der Waals surface area contributed by atoms with Gasteiger partial charge in [-0.2, -0.15) is 0 Å². The van der Waals surface area contributed by atoms with Gasteiger partial charge in [0.1, 0.15) is 17.9 Å². The van der Waals surface area contributed by atoms with Crippen LogP contribution in [0, 0.1) is 0 Å². The average molecular weight is 234 g/mol. The average Bonchev–Trinajstić information content (AvgIpc) is 2.42. The van der Waals surface area contributed by atoms with Gasteiger partial charge in [-0.25, -0.2) is 0 Å². The molecule has 1 N–H and O–H groups in total. The number of carbonyl (C=O) groups excluding carboxylic acids is 1. The zero-order chi connectivity index (χ0) is 12.4. The SMILES string of the molecule is CCN1C(=O)C(NC)C(C)Oc2ccccc21. The van der Waals surface area contributed by atoms with Gasteiger partial charge in [-0.3, -0.25) is 4.79 Å². The van der Waals surface area contributed by atoms with Crippen molar-refractivity contribution in [3.8, 4) is 5.75 Å². The summed E-state index contributed by atoms with van der Waals surface area (Å²) in [5, 5.41) is 3.03. The summed E-state index contributed by atoms with van der Waals surface area (Å²) in [7, 11) is 1.78. The molecule has 4 heteroatoms. The molecule has 1 heterocycles. The minimum atomic E-state index is -0.303. The van der Waals surface area contributed by atoms with E-state index in [1.54, 1.807) is 11.9 Å². The van der Waals surface area contributed by atoms with Crippen LogP contribution in [0.4, 0.5) is 5.69 Å². The first-order chi connectivity index (χ1) is 8.19. The summed E-state index contributed by atoms with van der Waals surface area (Å²) in [4.78, 5) is 14.1. The first kappa shape index (κ1) is 11.9. The molecule has 92 valence electrons. The summed E-state index contributed by atoms with van der Waals surface area (Å²) < 4.78 is 5.84. The van der Waals surface area contributed by atoms with Crippen LogP contribution in [0.5, 0.6) is 5.75 Å². The van der Waals surface area contributed by atoms with Crippen LogP contribution in [0.25, 0.3) is 0 Å². The van der Waals surface area contributed by atoms with Crippen LogP contribution in [0.1, 0.15) is 13.8 Å². The quantitative estimate of drug-likeness (QED) is 0.841. The maximum Gasteiger partial charge on any atom is 0.248 e. The molecule has 0 aliphatic carbocycles. The second kappa shape index (κ2) is 4.75. The number of hydrogen-bond donors (Lipinski definition) is 1. The van der Waals surface area contributed by atoms with Gasteiger partial charge in [0.05, 0.1) is 5.69 Å². The second-order valence-electron chi connectivity index (χ2n) is 4.14. The fourth-order valence-electron chi connectivity index (χ4n) is 2.22. The Morgan fingerprint density at radius 1 is 1.41 bits per heavy atom. The lowest BCUT2D eigenvalue weighted by Gasteiger charge is -2.24. The predicted molar refractivity (Wildman–Crippen MR) is 67.4 cm³/mol. The van der Waals surface area contributed by atoms with Crippen LogP contribution in [0.15, 0.2) is 24.3 Å². The molecule has 0 saturated heterocycles. The number of hydrogen-bond acceptors (Lipinski definition) is 3. The Balaban J connectivity index is 2.47. The maximum atomic E-state index is 12.4. The zero-order valence-electron chi connectivity index (χ0n) is 10.4. The van der Waals surface area contributed by atoms with E-state index in [4.69, 9.17) is 4.74 Å². The molecule has 1 aliphatic heterocycles. The molecular weight excluding hydrogens is 216 g/mol. The molecule has 2 atom stereocenters. The van der Waals surface area contributed by atoms with E-state index in [0.717, 1.165) is 11.4 Å². The van der Waals surface area contributed by atoms with E-state index >= 15 is 0 Å². The Morgan fingerprint density at radius 3 is 2.76 bits per heavy atom. The van der Waals surface area contributed by atoms with Gasteiger partial charge in [-0.15, -0.1) is 0 Å². The summed E-state index contributed by atoms with van der Waals surface area (Å²) in [6.07, 6.45) is -0.176. The van der Waals surface area contributed by atoms with Crippen molar-refractivity contribution in [2.45, 2.75) is 26.0 Å². The number of amides is 1. The van der Waals surface area contributed by atoms with Crippen molar-refractivity contribution >= 4 is 11.6 Å². The van der Waals surface area contributed by atoms with Crippen molar-refractivity contribution < 1.29 is 9.53 Å². The highest BCUT2D eigenvalue weighted by atomic mass is 16.5. The fourth-order valence-corrected chi connectivity index (χ4v) is 2.22. The highest BCUT2D eigenvalue weighted by Crippen LogP contribution is 2.32. The molecule has 0 fully saturated rings. The van der Waals surface area contributed by atoms with Crippen molar-refractivity contribution in [3.05, 3.63) is 24.3 Å². The molecular formula is C13H18N2O2. The van der Waals surface area contributed by atoms with E-state index in [1.807, 2.05) is 38.1 Å². The number of carbonyl (C=O) groups is 1. The highest BCUT2D eigenvalue weighted by molar-refractivity contribution is 5.99. The molecule has 1 aliphatic rings. The molecule has 0 spiro atoms.